The van der Waals surface area contributed by atoms with Gasteiger partial charge in [-0.15, -0.1) is 5.10 Å². The van der Waals surface area contributed by atoms with Gasteiger partial charge in [0, 0.05) is 5.75 Å². The third-order valence-corrected chi connectivity index (χ3v) is 4.80. The van der Waals surface area contributed by atoms with Crippen molar-refractivity contribution in [3.05, 3.63) is 64.7 Å². The number of hydrogen-bond donors (Lipinski definition) is 0. The molecule has 0 bridgehead atoms. The Hall–Kier alpha value is -2.67. The van der Waals surface area contributed by atoms with Crippen LogP contribution < -0.4 is 0 Å². The van der Waals surface area contributed by atoms with E-state index in [1.165, 1.54) is 18.9 Å². The number of nitrogens with zero attached hydrogens (tertiary/aromatic N) is 4. The van der Waals surface area contributed by atoms with Crippen LogP contribution in [0.15, 0.2) is 47.6 Å². The van der Waals surface area contributed by atoms with E-state index in [4.69, 9.17) is 4.74 Å². The molecule has 0 fully saturated rings. The van der Waals surface area contributed by atoms with Crippen LogP contribution in [0.1, 0.15) is 27.0 Å². The SMILES string of the molecule is COC(=O)c1cccc(CSc2nnnn2-c2c(C)cccc2C)c1. The van der Waals surface area contributed by atoms with E-state index >= 15 is 0 Å². The molecule has 2 aromatic carbocycles. The fourth-order valence-corrected chi connectivity index (χ4v) is 3.42. The average Bonchev–Trinajstić information content (AvgIpc) is 3.07. The van der Waals surface area contributed by atoms with E-state index in [9.17, 15) is 4.79 Å². The molecule has 0 aliphatic heterocycles. The number of carbonyl (C=O) groups is 1. The summed E-state index contributed by atoms with van der Waals surface area (Å²) >= 11 is 1.52. The minimum Gasteiger partial charge on any atom is -0.465 e. The molecule has 1 heterocycles. The van der Waals surface area contributed by atoms with Crippen molar-refractivity contribution < 1.29 is 9.53 Å². The Balaban J connectivity index is 1.82. The summed E-state index contributed by atoms with van der Waals surface area (Å²) in [6, 6.07) is 13.5. The number of ether oxygens (including phenoxy) is 1. The van der Waals surface area contributed by atoms with Gasteiger partial charge < -0.3 is 4.74 Å². The van der Waals surface area contributed by atoms with Gasteiger partial charge in [-0.05, 0) is 53.1 Å². The fraction of sp³-hybridized carbons (Fsp3) is 0.222. The van der Waals surface area contributed by atoms with Crippen LogP contribution >= 0.6 is 11.8 Å². The summed E-state index contributed by atoms with van der Waals surface area (Å²) in [7, 11) is 1.38. The van der Waals surface area contributed by atoms with Crippen LogP contribution in [-0.2, 0) is 10.5 Å². The lowest BCUT2D eigenvalue weighted by Gasteiger charge is -2.10. The van der Waals surface area contributed by atoms with Crippen molar-refractivity contribution >= 4 is 17.7 Å². The number of hydrogen-bond acceptors (Lipinski definition) is 6. The number of esters is 1. The van der Waals surface area contributed by atoms with Gasteiger partial charge in [-0.1, -0.05) is 42.1 Å². The normalized spacial score (nSPS) is 10.7. The molecule has 0 radical (unpaired) electrons. The molecule has 0 amide bonds. The summed E-state index contributed by atoms with van der Waals surface area (Å²) in [5.41, 5.74) is 4.76. The highest BCUT2D eigenvalue weighted by molar-refractivity contribution is 7.98. The molecule has 0 unspecified atom stereocenters. The first-order valence-electron chi connectivity index (χ1n) is 7.75. The van der Waals surface area contributed by atoms with Crippen LogP contribution in [0, 0.1) is 13.8 Å². The average molecular weight is 354 g/mol. The summed E-state index contributed by atoms with van der Waals surface area (Å²) < 4.78 is 6.53. The molecule has 0 spiro atoms. The predicted octanol–water partition coefficient (Wildman–Crippen LogP) is 3.36. The molecule has 0 saturated heterocycles. The quantitative estimate of drug-likeness (QED) is 0.517. The Morgan fingerprint density at radius 3 is 2.60 bits per heavy atom. The van der Waals surface area contributed by atoms with Crippen molar-refractivity contribution in [2.45, 2.75) is 24.8 Å². The predicted molar refractivity (Wildman–Crippen MR) is 96.0 cm³/mol. The zero-order valence-corrected chi connectivity index (χ0v) is 15.1. The maximum Gasteiger partial charge on any atom is 0.337 e. The topological polar surface area (TPSA) is 69.9 Å². The van der Waals surface area contributed by atoms with Crippen molar-refractivity contribution in [2.75, 3.05) is 7.11 Å². The van der Waals surface area contributed by atoms with Crippen molar-refractivity contribution in [1.29, 1.82) is 0 Å². The van der Waals surface area contributed by atoms with Crippen LogP contribution in [0.3, 0.4) is 0 Å². The van der Waals surface area contributed by atoms with Crippen LogP contribution in [-0.4, -0.2) is 33.3 Å². The minimum atomic E-state index is -0.341. The molecule has 0 N–H and O–H groups in total. The fourth-order valence-electron chi connectivity index (χ4n) is 2.60. The first-order valence-corrected chi connectivity index (χ1v) is 8.73. The number of aromatic nitrogens is 4. The first-order chi connectivity index (χ1) is 12.1. The molecule has 1 aromatic heterocycles. The minimum absolute atomic E-state index is 0.341. The molecule has 0 aliphatic rings. The standard InChI is InChI=1S/C18H18N4O2S/c1-12-6-4-7-13(2)16(12)22-18(19-20-21-22)25-11-14-8-5-9-15(10-14)17(23)24-3/h4-10H,11H2,1-3H3. The monoisotopic (exact) mass is 354 g/mol. The van der Waals surface area contributed by atoms with Crippen molar-refractivity contribution in [2.24, 2.45) is 0 Å². The molecule has 7 heteroatoms. The van der Waals surface area contributed by atoms with E-state index in [0.29, 0.717) is 16.5 Å². The van der Waals surface area contributed by atoms with Gasteiger partial charge in [0.15, 0.2) is 0 Å². The Kier molecular flexibility index (Phi) is 5.14. The summed E-state index contributed by atoms with van der Waals surface area (Å²) in [4.78, 5) is 11.6. The third-order valence-electron chi connectivity index (χ3n) is 3.81. The number of carbonyl (C=O) groups excluding carboxylic acids is 1. The van der Waals surface area contributed by atoms with Gasteiger partial charge in [0.1, 0.15) is 0 Å². The van der Waals surface area contributed by atoms with Gasteiger partial charge in [-0.25, -0.2) is 4.79 Å². The number of para-hydroxylation sites is 1. The highest BCUT2D eigenvalue weighted by atomic mass is 32.2. The summed E-state index contributed by atoms with van der Waals surface area (Å²) in [5, 5.41) is 12.8. The van der Waals surface area contributed by atoms with Gasteiger partial charge in [-0.3, -0.25) is 0 Å². The van der Waals surface area contributed by atoms with Crippen LogP contribution in [0.2, 0.25) is 0 Å². The molecule has 3 rings (SSSR count). The Labute approximate surface area is 150 Å². The number of rotatable bonds is 5. The smallest absolute Gasteiger partial charge is 0.337 e. The Bertz CT molecular complexity index is 887. The summed E-state index contributed by atoms with van der Waals surface area (Å²) in [5.74, 6) is 0.308. The largest absolute Gasteiger partial charge is 0.465 e. The van der Waals surface area contributed by atoms with E-state index in [1.54, 1.807) is 10.7 Å². The van der Waals surface area contributed by atoms with E-state index in [1.807, 2.05) is 50.2 Å². The highest BCUT2D eigenvalue weighted by Crippen LogP contribution is 2.26. The maximum atomic E-state index is 11.6. The van der Waals surface area contributed by atoms with Gasteiger partial charge in [-0.2, -0.15) is 4.68 Å². The van der Waals surface area contributed by atoms with Crippen LogP contribution in [0.25, 0.3) is 5.69 Å². The highest BCUT2D eigenvalue weighted by Gasteiger charge is 2.14. The van der Waals surface area contributed by atoms with E-state index in [2.05, 4.69) is 15.5 Å². The summed E-state index contributed by atoms with van der Waals surface area (Å²) in [6.45, 7) is 4.08. The molecule has 128 valence electrons. The second-order valence-corrected chi connectivity index (χ2v) is 6.54. The molecular weight excluding hydrogens is 336 g/mol. The molecule has 6 nitrogen and oxygen atoms in total. The molecule has 25 heavy (non-hydrogen) atoms. The van der Waals surface area contributed by atoms with Crippen LogP contribution in [0.4, 0.5) is 0 Å². The van der Waals surface area contributed by atoms with Crippen LogP contribution in [0.5, 0.6) is 0 Å². The number of methoxy groups -OCH3 is 1. The zero-order chi connectivity index (χ0) is 17.8. The molecule has 0 atom stereocenters. The number of aryl methyl sites for hydroxylation is 2. The Morgan fingerprint density at radius 1 is 1.16 bits per heavy atom. The lowest BCUT2D eigenvalue weighted by atomic mass is 10.1. The summed E-state index contributed by atoms with van der Waals surface area (Å²) in [6.07, 6.45) is 0. The molecule has 0 saturated carbocycles. The van der Waals surface area contributed by atoms with Gasteiger partial charge in [0.2, 0.25) is 5.16 Å². The molecule has 0 aliphatic carbocycles. The Morgan fingerprint density at radius 2 is 1.88 bits per heavy atom. The van der Waals surface area contributed by atoms with E-state index < -0.39 is 0 Å². The number of tetrazole rings is 1. The zero-order valence-electron chi connectivity index (χ0n) is 14.3. The van der Waals surface area contributed by atoms with Gasteiger partial charge in [0.05, 0.1) is 18.4 Å². The number of benzene rings is 2. The first kappa shape index (κ1) is 17.2. The lowest BCUT2D eigenvalue weighted by Crippen LogP contribution is -2.04. The second-order valence-electron chi connectivity index (χ2n) is 5.59. The van der Waals surface area contributed by atoms with Crippen molar-refractivity contribution in [3.63, 3.8) is 0 Å². The van der Waals surface area contributed by atoms with Crippen molar-refractivity contribution in [1.82, 2.24) is 20.2 Å². The van der Waals surface area contributed by atoms with Gasteiger partial charge >= 0.3 is 5.97 Å². The third kappa shape index (κ3) is 3.71. The van der Waals surface area contributed by atoms with Gasteiger partial charge in [0.25, 0.3) is 0 Å². The van der Waals surface area contributed by atoms with Crippen molar-refractivity contribution in [3.8, 4) is 5.69 Å². The van der Waals surface area contributed by atoms with E-state index in [-0.39, 0.29) is 5.97 Å². The second kappa shape index (κ2) is 7.48. The number of thioether (sulfide) groups is 1. The van der Waals surface area contributed by atoms with E-state index in [0.717, 1.165) is 22.4 Å². The molecule has 3 aromatic rings. The lowest BCUT2D eigenvalue weighted by molar-refractivity contribution is 0.0600. The maximum absolute atomic E-state index is 11.6. The molecular formula is C18H18N4O2S.